The average molecular weight is 834 g/mol. The SMILES string of the molecule is [2H]c1c([2H])c([2H])c2c(c1[2H])c1c([2H])c([2H])c([2H])c([2H])c1n2-c1cc(-c2c(-c3ccc4c(c3)oc3ccccc34)cccc2-n2c3ccccc3c3ccccc32)nc(-n2c3c([2H])c([2H])c([2H])c([2H])c3c3c([2H])c([2H])c([2H])c([2H])c32)n1. The molecule has 298 valence electrons. The van der Waals surface area contributed by atoms with Gasteiger partial charge in [0.05, 0.1) is 66.4 Å². The van der Waals surface area contributed by atoms with Gasteiger partial charge < -0.3 is 8.98 Å². The zero-order chi connectivity index (χ0) is 55.8. The number of furan rings is 1. The van der Waals surface area contributed by atoms with E-state index in [2.05, 4.69) is 4.57 Å². The summed E-state index contributed by atoms with van der Waals surface area (Å²) in [6.45, 7) is 0. The maximum absolute atomic E-state index is 9.49. The van der Waals surface area contributed by atoms with Gasteiger partial charge in [-0.3, -0.25) is 9.13 Å². The number of hydrogen-bond acceptors (Lipinski definition) is 3. The molecule has 0 spiro atoms. The molecule has 0 saturated heterocycles. The molecule has 0 fully saturated rings. The number of hydrogen-bond donors (Lipinski definition) is 0. The van der Waals surface area contributed by atoms with E-state index >= 15 is 0 Å². The Morgan fingerprint density at radius 1 is 0.391 bits per heavy atom. The van der Waals surface area contributed by atoms with Gasteiger partial charge in [0.2, 0.25) is 5.95 Å². The van der Waals surface area contributed by atoms with Crippen molar-refractivity contribution in [2.45, 2.75) is 0 Å². The Labute approximate surface area is 388 Å². The van der Waals surface area contributed by atoms with E-state index in [1.807, 2.05) is 109 Å². The Bertz CT molecular complexity index is 4790. The number of nitrogens with zero attached hydrogens (tertiary/aromatic N) is 5. The van der Waals surface area contributed by atoms with Crippen LogP contribution in [-0.2, 0) is 0 Å². The molecule has 0 amide bonds. The summed E-state index contributed by atoms with van der Waals surface area (Å²) < 4.78 is 157. The van der Waals surface area contributed by atoms with Crippen molar-refractivity contribution in [1.82, 2.24) is 23.7 Å². The zero-order valence-electron chi connectivity index (χ0n) is 49.1. The highest BCUT2D eigenvalue weighted by Gasteiger charge is 2.24. The summed E-state index contributed by atoms with van der Waals surface area (Å²) in [6, 6.07) is 25.8. The summed E-state index contributed by atoms with van der Waals surface area (Å²) in [5.74, 6) is -0.701. The number of aromatic nitrogens is 5. The Kier molecular flexibility index (Phi) is 4.79. The Hall–Kier alpha value is -8.74. The van der Waals surface area contributed by atoms with Crippen molar-refractivity contribution in [3.63, 3.8) is 0 Å². The molecule has 0 atom stereocenters. The molecule has 64 heavy (non-hydrogen) atoms. The highest BCUT2D eigenvalue weighted by atomic mass is 16.3. The molecule has 6 heteroatoms. The third-order valence-corrected chi connectivity index (χ3v) is 12.0. The maximum atomic E-state index is 9.49. The average Bonchev–Trinajstić information content (AvgIpc) is 4.33. The van der Waals surface area contributed by atoms with Gasteiger partial charge in [0.25, 0.3) is 0 Å². The quantitative estimate of drug-likeness (QED) is 0.174. The van der Waals surface area contributed by atoms with Gasteiger partial charge in [-0.25, -0.2) is 4.98 Å². The van der Waals surface area contributed by atoms with Gasteiger partial charge in [-0.2, -0.15) is 4.98 Å². The van der Waals surface area contributed by atoms with Crippen LogP contribution in [0.4, 0.5) is 0 Å². The van der Waals surface area contributed by atoms with E-state index in [4.69, 9.17) is 25.4 Å². The van der Waals surface area contributed by atoms with E-state index in [0.717, 1.165) is 37.1 Å². The molecule has 0 unspecified atom stereocenters. The number of benzene rings is 9. The topological polar surface area (TPSA) is 53.7 Å². The highest BCUT2D eigenvalue weighted by molar-refractivity contribution is 6.12. The molecule has 0 aliphatic heterocycles. The minimum Gasteiger partial charge on any atom is -0.456 e. The van der Waals surface area contributed by atoms with Crippen molar-refractivity contribution in [1.29, 1.82) is 0 Å². The lowest BCUT2D eigenvalue weighted by atomic mass is 9.94. The Balaban J connectivity index is 1.23. The van der Waals surface area contributed by atoms with Gasteiger partial charge in [-0.1, -0.05) is 145 Å². The molecule has 5 heterocycles. The van der Waals surface area contributed by atoms with Crippen LogP contribution < -0.4 is 0 Å². The van der Waals surface area contributed by atoms with Crippen molar-refractivity contribution in [3.05, 3.63) is 212 Å². The van der Waals surface area contributed by atoms with Crippen LogP contribution in [0, 0.1) is 0 Å². The summed E-state index contributed by atoms with van der Waals surface area (Å²) in [7, 11) is 0. The smallest absolute Gasteiger partial charge is 0.237 e. The molecule has 0 aliphatic carbocycles. The van der Waals surface area contributed by atoms with E-state index in [0.29, 0.717) is 33.5 Å². The Morgan fingerprint density at radius 2 is 0.922 bits per heavy atom. The molecule has 9 aromatic carbocycles. The molecule has 14 rings (SSSR count). The normalized spacial score (nSPS) is 15.6. The second kappa shape index (κ2) is 13.4. The van der Waals surface area contributed by atoms with Gasteiger partial charge in [-0.15, -0.1) is 0 Å². The third-order valence-electron chi connectivity index (χ3n) is 12.0. The first-order valence-electron chi connectivity index (χ1n) is 28.4. The fourth-order valence-electron chi connectivity index (χ4n) is 9.35. The predicted molar refractivity (Wildman–Crippen MR) is 263 cm³/mol. The van der Waals surface area contributed by atoms with Gasteiger partial charge >= 0.3 is 0 Å². The van der Waals surface area contributed by atoms with Crippen LogP contribution in [0.25, 0.3) is 127 Å². The number of fused-ring (bicyclic) bond motifs is 12. The molecule has 6 nitrogen and oxygen atoms in total. The minimum absolute atomic E-state index is 0.0514. The van der Waals surface area contributed by atoms with Crippen molar-refractivity contribution in [2.75, 3.05) is 0 Å². The summed E-state index contributed by atoms with van der Waals surface area (Å²) in [5, 5.41) is 2.54. The summed E-state index contributed by atoms with van der Waals surface area (Å²) in [6.07, 6.45) is 0. The van der Waals surface area contributed by atoms with Crippen LogP contribution >= 0.6 is 0 Å². The van der Waals surface area contributed by atoms with Crippen molar-refractivity contribution >= 4 is 87.4 Å². The van der Waals surface area contributed by atoms with Crippen molar-refractivity contribution in [3.8, 4) is 39.8 Å². The van der Waals surface area contributed by atoms with Crippen molar-refractivity contribution < 1.29 is 26.3 Å². The molecule has 0 saturated carbocycles. The summed E-state index contributed by atoms with van der Waals surface area (Å²) >= 11 is 0. The lowest BCUT2D eigenvalue weighted by Crippen LogP contribution is -2.09. The van der Waals surface area contributed by atoms with Crippen LogP contribution in [0.15, 0.2) is 216 Å². The molecule has 5 aromatic heterocycles. The van der Waals surface area contributed by atoms with Gasteiger partial charge in [-0.05, 0) is 71.7 Å². The summed E-state index contributed by atoms with van der Waals surface area (Å²) in [5.41, 5.74) is 3.76. The van der Waals surface area contributed by atoms with E-state index in [1.165, 1.54) is 10.6 Å². The zero-order valence-corrected chi connectivity index (χ0v) is 33.1. The summed E-state index contributed by atoms with van der Waals surface area (Å²) in [4.78, 5) is 10.4. The van der Waals surface area contributed by atoms with Crippen LogP contribution in [-0.4, -0.2) is 23.7 Å². The fourth-order valence-corrected chi connectivity index (χ4v) is 9.35. The predicted octanol–water partition coefficient (Wildman–Crippen LogP) is 15.0. The molecule has 0 aliphatic rings. The van der Waals surface area contributed by atoms with Gasteiger partial charge in [0, 0.05) is 54.7 Å². The lowest BCUT2D eigenvalue weighted by molar-refractivity contribution is 0.669. The van der Waals surface area contributed by atoms with E-state index in [-0.39, 0.29) is 55.1 Å². The van der Waals surface area contributed by atoms with Gasteiger partial charge in [0.1, 0.15) is 17.0 Å². The first kappa shape index (κ1) is 22.9. The molecule has 0 N–H and O–H groups in total. The fraction of sp³-hybridized carbons (Fsp3) is 0. The largest absolute Gasteiger partial charge is 0.456 e. The molecular weight excluding hydrogens is 783 g/mol. The molecule has 14 aromatic rings. The van der Waals surface area contributed by atoms with Crippen molar-refractivity contribution in [2.24, 2.45) is 0 Å². The highest BCUT2D eigenvalue weighted by Crippen LogP contribution is 2.44. The lowest BCUT2D eigenvalue weighted by Gasteiger charge is -2.20. The minimum atomic E-state index is -0.701. The van der Waals surface area contributed by atoms with Crippen LogP contribution in [0.3, 0.4) is 0 Å². The Morgan fingerprint density at radius 3 is 1.55 bits per heavy atom. The van der Waals surface area contributed by atoms with E-state index in [9.17, 15) is 11.0 Å². The standard InChI is InChI=1S/C58H35N5O/c1-8-24-47-38(16-1)39-17-2-9-25-48(39)61(47)53-30-15-23-37(36-32-33-45-44-22-7-14-31-54(44)64-55(45)34-36)57(53)46-35-56(62-49-26-10-3-18-40(49)41-19-4-11-27-50(41)62)60-58(59-46)63-51-28-12-5-20-42(51)43-21-6-13-29-52(43)63/h1-35H/i3D,4D,5D,6D,10D,11D,12D,13D,18D,19D,20D,21D,26D,27D,28D,29D. The maximum Gasteiger partial charge on any atom is 0.237 e. The van der Waals surface area contributed by atoms with E-state index in [1.54, 1.807) is 0 Å². The second-order valence-corrected chi connectivity index (χ2v) is 15.4. The third kappa shape index (κ3) is 4.96. The first-order chi connectivity index (χ1) is 38.4. The number of para-hydroxylation sites is 7. The second-order valence-electron chi connectivity index (χ2n) is 15.4. The molecule has 0 bridgehead atoms. The van der Waals surface area contributed by atoms with Gasteiger partial charge in [0.15, 0.2) is 0 Å². The monoisotopic (exact) mass is 833 g/mol. The molecular formula is C58H35N5O. The first-order valence-corrected chi connectivity index (χ1v) is 20.4. The van der Waals surface area contributed by atoms with Crippen LogP contribution in [0.2, 0.25) is 0 Å². The number of rotatable bonds is 5. The van der Waals surface area contributed by atoms with E-state index < -0.39 is 103 Å². The van der Waals surface area contributed by atoms with Crippen LogP contribution in [0.5, 0.6) is 0 Å². The molecule has 0 radical (unpaired) electrons. The van der Waals surface area contributed by atoms with Crippen LogP contribution in [0.1, 0.15) is 21.9 Å².